The summed E-state index contributed by atoms with van der Waals surface area (Å²) in [6, 6.07) is 1.91. The fourth-order valence-electron chi connectivity index (χ4n) is 3.20. The van der Waals surface area contributed by atoms with Crippen LogP contribution in [-0.4, -0.2) is 30.9 Å². The van der Waals surface area contributed by atoms with E-state index in [9.17, 15) is 4.79 Å². The van der Waals surface area contributed by atoms with Crippen LogP contribution in [0.25, 0.3) is 11.0 Å². The maximum absolute atomic E-state index is 12.6. The van der Waals surface area contributed by atoms with Gasteiger partial charge >= 0.3 is 0 Å². The molecule has 0 spiro atoms. The molecule has 118 valence electrons. The second-order valence-corrected chi connectivity index (χ2v) is 6.11. The summed E-state index contributed by atoms with van der Waals surface area (Å²) >= 11 is 0. The van der Waals surface area contributed by atoms with Gasteiger partial charge in [-0.3, -0.25) is 14.6 Å². The second kappa shape index (κ2) is 5.19. The summed E-state index contributed by atoms with van der Waals surface area (Å²) in [6.07, 6.45) is 6.05. The summed E-state index contributed by atoms with van der Waals surface area (Å²) < 4.78 is 1.87. The smallest absolute Gasteiger partial charge is 0.227 e. The van der Waals surface area contributed by atoms with Crippen LogP contribution in [0.2, 0.25) is 0 Å². The first kappa shape index (κ1) is 13.9. The van der Waals surface area contributed by atoms with Gasteiger partial charge in [0, 0.05) is 36.2 Å². The number of rotatable bonds is 2. The highest BCUT2D eigenvalue weighted by Gasteiger charge is 2.27. The number of carbonyl (C=O) groups excluding carboxylic acids is 1. The summed E-state index contributed by atoms with van der Waals surface area (Å²) in [6.45, 7) is 1.94. The molecule has 3 heterocycles. The number of anilines is 1. The minimum Gasteiger partial charge on any atom is -0.324 e. The Morgan fingerprint density at radius 3 is 3.17 bits per heavy atom. The fourth-order valence-corrected chi connectivity index (χ4v) is 3.20. The number of pyridine rings is 1. The molecule has 7 heteroatoms. The van der Waals surface area contributed by atoms with E-state index in [0.717, 1.165) is 36.0 Å². The molecule has 4 rings (SSSR count). The Morgan fingerprint density at radius 2 is 2.30 bits per heavy atom. The first-order chi connectivity index (χ1) is 11.1. The van der Waals surface area contributed by atoms with Gasteiger partial charge in [0.05, 0.1) is 18.1 Å². The van der Waals surface area contributed by atoms with Crippen LogP contribution >= 0.6 is 0 Å². The number of hydrogen-bond acceptors (Lipinski definition) is 4. The molecule has 0 aliphatic heterocycles. The normalized spacial score (nSPS) is 17.2. The topological polar surface area (TPSA) is 88.5 Å². The van der Waals surface area contributed by atoms with Crippen molar-refractivity contribution >= 4 is 22.6 Å². The minimum absolute atomic E-state index is 0.0287. The lowest BCUT2D eigenvalue weighted by atomic mass is 9.87. The number of aryl methyl sites for hydroxylation is 3. The molecule has 1 amide bonds. The Hall–Kier alpha value is -2.70. The Balaban J connectivity index is 1.53. The fraction of sp³-hybridized carbons (Fsp3) is 0.375. The van der Waals surface area contributed by atoms with E-state index in [1.807, 2.05) is 30.9 Å². The molecule has 1 atom stereocenters. The van der Waals surface area contributed by atoms with E-state index >= 15 is 0 Å². The summed E-state index contributed by atoms with van der Waals surface area (Å²) in [5.74, 6) is 0.0122. The van der Waals surface area contributed by atoms with Crippen molar-refractivity contribution < 1.29 is 4.79 Å². The third-order valence-electron chi connectivity index (χ3n) is 4.59. The highest BCUT2D eigenvalue weighted by Crippen LogP contribution is 2.26. The highest BCUT2D eigenvalue weighted by atomic mass is 16.1. The predicted octanol–water partition coefficient (Wildman–Crippen LogP) is 1.74. The van der Waals surface area contributed by atoms with Crippen molar-refractivity contribution in [2.24, 2.45) is 13.0 Å². The van der Waals surface area contributed by atoms with E-state index in [4.69, 9.17) is 0 Å². The number of fused-ring (bicyclic) bond motifs is 2. The number of carbonyl (C=O) groups is 1. The van der Waals surface area contributed by atoms with Crippen LogP contribution in [0.3, 0.4) is 0 Å². The molecule has 0 saturated carbocycles. The van der Waals surface area contributed by atoms with Crippen molar-refractivity contribution in [2.45, 2.75) is 26.2 Å². The lowest BCUT2D eigenvalue weighted by Gasteiger charge is -2.22. The van der Waals surface area contributed by atoms with Crippen molar-refractivity contribution in [3.05, 3.63) is 35.4 Å². The highest BCUT2D eigenvalue weighted by molar-refractivity contribution is 5.94. The van der Waals surface area contributed by atoms with Crippen LogP contribution in [0, 0.1) is 12.8 Å². The number of aromatic amines is 1. The van der Waals surface area contributed by atoms with Gasteiger partial charge in [-0.25, -0.2) is 4.98 Å². The molecule has 3 aromatic rings. The second-order valence-electron chi connectivity index (χ2n) is 6.11. The van der Waals surface area contributed by atoms with Gasteiger partial charge < -0.3 is 5.32 Å². The van der Waals surface area contributed by atoms with Gasteiger partial charge in [-0.1, -0.05) is 0 Å². The first-order valence-corrected chi connectivity index (χ1v) is 7.73. The molecule has 23 heavy (non-hydrogen) atoms. The number of nitrogens with zero attached hydrogens (tertiary/aromatic N) is 4. The molecule has 0 bridgehead atoms. The lowest BCUT2D eigenvalue weighted by Crippen LogP contribution is -2.28. The van der Waals surface area contributed by atoms with Gasteiger partial charge in [0.2, 0.25) is 5.91 Å². The molecule has 0 aromatic carbocycles. The quantitative estimate of drug-likeness (QED) is 0.754. The largest absolute Gasteiger partial charge is 0.324 e. The molecule has 2 N–H and O–H groups in total. The molecule has 1 aliphatic rings. The number of amides is 1. The van der Waals surface area contributed by atoms with Gasteiger partial charge in [0.25, 0.3) is 0 Å². The average molecular weight is 310 g/mol. The summed E-state index contributed by atoms with van der Waals surface area (Å²) in [4.78, 5) is 16.8. The molecular weight excluding hydrogens is 292 g/mol. The van der Waals surface area contributed by atoms with Crippen LogP contribution in [0.1, 0.15) is 23.4 Å². The lowest BCUT2D eigenvalue weighted by molar-refractivity contribution is -0.120. The van der Waals surface area contributed by atoms with E-state index in [0.29, 0.717) is 11.3 Å². The standard InChI is InChI=1S/C16H18N6O/c1-9-13-6-12(8-17-15(13)21-20-9)19-16(23)10-3-4-11-7-18-22(2)14(11)5-10/h6-8,10H,3-5H2,1-2H3,(H,19,23)(H,17,20,21). The predicted molar refractivity (Wildman–Crippen MR) is 86.0 cm³/mol. The summed E-state index contributed by atoms with van der Waals surface area (Å²) in [5.41, 5.74) is 4.74. The van der Waals surface area contributed by atoms with Crippen LogP contribution in [-0.2, 0) is 24.7 Å². The summed E-state index contributed by atoms with van der Waals surface area (Å²) in [7, 11) is 1.93. The van der Waals surface area contributed by atoms with Gasteiger partial charge in [-0.15, -0.1) is 0 Å². The van der Waals surface area contributed by atoms with Crippen LogP contribution in [0.5, 0.6) is 0 Å². The third-order valence-corrected chi connectivity index (χ3v) is 4.59. The minimum atomic E-state index is -0.0287. The zero-order chi connectivity index (χ0) is 16.0. The first-order valence-electron chi connectivity index (χ1n) is 7.73. The van der Waals surface area contributed by atoms with Crippen LogP contribution in [0.4, 0.5) is 5.69 Å². The Kier molecular flexibility index (Phi) is 3.14. The van der Waals surface area contributed by atoms with Crippen LogP contribution < -0.4 is 5.32 Å². The Morgan fingerprint density at radius 1 is 1.43 bits per heavy atom. The van der Waals surface area contributed by atoms with Crippen molar-refractivity contribution in [3.63, 3.8) is 0 Å². The maximum atomic E-state index is 12.6. The monoisotopic (exact) mass is 310 g/mol. The molecule has 7 nitrogen and oxygen atoms in total. The number of hydrogen-bond donors (Lipinski definition) is 2. The van der Waals surface area contributed by atoms with Crippen molar-refractivity contribution in [3.8, 4) is 0 Å². The number of H-pyrrole nitrogens is 1. The molecule has 0 radical (unpaired) electrons. The van der Waals surface area contributed by atoms with Gasteiger partial charge in [-0.05, 0) is 31.4 Å². The molecule has 0 saturated heterocycles. The van der Waals surface area contributed by atoms with Crippen LogP contribution in [0.15, 0.2) is 18.5 Å². The van der Waals surface area contributed by atoms with E-state index in [-0.39, 0.29) is 11.8 Å². The Labute approximate surface area is 133 Å². The average Bonchev–Trinajstić information content (AvgIpc) is 3.11. The molecule has 1 aliphatic carbocycles. The van der Waals surface area contributed by atoms with Crippen molar-refractivity contribution in [2.75, 3.05) is 5.32 Å². The van der Waals surface area contributed by atoms with Gasteiger partial charge in [-0.2, -0.15) is 10.2 Å². The van der Waals surface area contributed by atoms with Gasteiger partial charge in [0.15, 0.2) is 5.65 Å². The van der Waals surface area contributed by atoms with Gasteiger partial charge in [0.1, 0.15) is 0 Å². The maximum Gasteiger partial charge on any atom is 0.227 e. The SMILES string of the molecule is Cc1[nH]nc2ncc(NC(=O)C3CCc4cnn(C)c4C3)cc12. The van der Waals surface area contributed by atoms with E-state index in [1.165, 1.54) is 5.56 Å². The number of aromatic nitrogens is 5. The van der Waals surface area contributed by atoms with Crippen molar-refractivity contribution in [1.82, 2.24) is 25.0 Å². The summed E-state index contributed by atoms with van der Waals surface area (Å²) in [5, 5.41) is 15.2. The zero-order valence-electron chi connectivity index (χ0n) is 13.1. The third kappa shape index (κ3) is 2.38. The zero-order valence-corrected chi connectivity index (χ0v) is 13.1. The van der Waals surface area contributed by atoms with E-state index in [1.54, 1.807) is 6.20 Å². The molecular formula is C16H18N6O. The number of nitrogens with one attached hydrogen (secondary N) is 2. The van der Waals surface area contributed by atoms with E-state index < -0.39 is 0 Å². The molecule has 3 aromatic heterocycles. The van der Waals surface area contributed by atoms with Crippen molar-refractivity contribution in [1.29, 1.82) is 0 Å². The Bertz CT molecular complexity index is 893. The molecule has 0 fully saturated rings. The molecule has 1 unspecified atom stereocenters. The van der Waals surface area contributed by atoms with E-state index in [2.05, 4.69) is 25.6 Å².